The molecule has 4 rings (SSSR count). The number of urea groups is 2. The fourth-order valence-corrected chi connectivity index (χ4v) is 4.97. The maximum atomic E-state index is 14.5. The Morgan fingerprint density at radius 3 is 1.94 bits per heavy atom. The minimum Gasteiger partial charge on any atom is -0.367 e. The second-order valence-electron chi connectivity index (χ2n) is 9.13. The molecule has 0 aromatic heterocycles. The van der Waals surface area contributed by atoms with Crippen molar-refractivity contribution in [1.29, 1.82) is 0 Å². The zero-order valence-electron chi connectivity index (χ0n) is 18.5. The molecule has 1 saturated carbocycles. The molecule has 9 heteroatoms. The zero-order chi connectivity index (χ0) is 22.5. The van der Waals surface area contributed by atoms with Gasteiger partial charge < -0.3 is 25.8 Å². The fraction of sp³-hybridized carbons (Fsp3) is 0.652. The first kappa shape index (κ1) is 22.6. The van der Waals surface area contributed by atoms with Gasteiger partial charge in [-0.25, -0.2) is 18.4 Å². The Hall–Kier alpha value is -2.58. The molecule has 7 nitrogen and oxygen atoms in total. The number of nitrogens with one attached hydrogen (secondary N) is 3. The summed E-state index contributed by atoms with van der Waals surface area (Å²) in [6, 6.07) is 2.10. The molecule has 0 radical (unpaired) electrons. The number of piperidine rings is 1. The Labute approximate surface area is 187 Å². The average molecular weight is 450 g/mol. The molecule has 4 amide bonds. The van der Waals surface area contributed by atoms with Crippen LogP contribution in [-0.4, -0.2) is 55.2 Å². The Bertz CT molecular complexity index is 794. The molecule has 1 aromatic carbocycles. The highest BCUT2D eigenvalue weighted by molar-refractivity contribution is 5.89. The van der Waals surface area contributed by atoms with Gasteiger partial charge >= 0.3 is 12.1 Å². The van der Waals surface area contributed by atoms with Crippen LogP contribution >= 0.6 is 0 Å². The first-order valence-corrected chi connectivity index (χ1v) is 11.9. The van der Waals surface area contributed by atoms with E-state index in [2.05, 4.69) is 16.0 Å². The number of hydrogen-bond acceptors (Lipinski definition) is 3. The van der Waals surface area contributed by atoms with E-state index < -0.39 is 11.6 Å². The lowest BCUT2D eigenvalue weighted by Gasteiger charge is -2.33. The summed E-state index contributed by atoms with van der Waals surface area (Å²) < 4.78 is 29.0. The van der Waals surface area contributed by atoms with Crippen LogP contribution in [0.5, 0.6) is 0 Å². The minimum atomic E-state index is -0.658. The molecule has 32 heavy (non-hydrogen) atoms. The molecule has 0 spiro atoms. The third kappa shape index (κ3) is 5.61. The van der Waals surface area contributed by atoms with Crippen LogP contribution in [0.1, 0.15) is 57.8 Å². The summed E-state index contributed by atoms with van der Waals surface area (Å²) in [6.07, 6.45) is 8.75. The van der Waals surface area contributed by atoms with Crippen molar-refractivity contribution < 1.29 is 18.4 Å². The normalized spacial score (nSPS) is 20.3. The van der Waals surface area contributed by atoms with Crippen molar-refractivity contribution in [2.75, 3.05) is 36.4 Å². The largest absolute Gasteiger partial charge is 0.367 e. The number of halogens is 2. The quantitative estimate of drug-likeness (QED) is 0.645. The van der Waals surface area contributed by atoms with Gasteiger partial charge in [0, 0.05) is 44.0 Å². The van der Waals surface area contributed by atoms with Gasteiger partial charge in [-0.2, -0.15) is 0 Å². The summed E-state index contributed by atoms with van der Waals surface area (Å²) in [5.74, 6) is -1.32. The van der Waals surface area contributed by atoms with Gasteiger partial charge in [-0.3, -0.25) is 0 Å². The molecule has 0 unspecified atom stereocenters. The van der Waals surface area contributed by atoms with Crippen molar-refractivity contribution in [2.24, 2.45) is 0 Å². The number of nitrogens with zero attached hydrogens (tertiary/aromatic N) is 2. The Kier molecular flexibility index (Phi) is 7.32. The molecular formula is C23H33F2N5O2. The lowest BCUT2D eigenvalue weighted by Crippen LogP contribution is -2.51. The molecule has 2 heterocycles. The second kappa shape index (κ2) is 10.4. The third-order valence-corrected chi connectivity index (χ3v) is 6.75. The second-order valence-corrected chi connectivity index (χ2v) is 9.13. The van der Waals surface area contributed by atoms with E-state index >= 15 is 0 Å². The first-order valence-electron chi connectivity index (χ1n) is 11.9. The van der Waals surface area contributed by atoms with Gasteiger partial charge in [0.25, 0.3) is 0 Å². The molecule has 3 aliphatic rings. The molecule has 2 aliphatic heterocycles. The van der Waals surface area contributed by atoms with E-state index in [1.54, 1.807) is 9.80 Å². The number of benzene rings is 1. The van der Waals surface area contributed by atoms with Gasteiger partial charge in [-0.1, -0.05) is 19.3 Å². The highest BCUT2D eigenvalue weighted by Crippen LogP contribution is 2.30. The summed E-state index contributed by atoms with van der Waals surface area (Å²) in [7, 11) is 0. The standard InChI is InChI=1S/C23H33F2N5O2/c24-19-14-18(15-20(25)21(19)29-10-4-5-11-29)28-23(32)30-12-8-17(9-13-30)27-22(31)26-16-6-2-1-3-7-16/h14-17H,1-13H2,(H,28,32)(H2,26,27,31). The van der Waals surface area contributed by atoms with Crippen LogP contribution in [0, 0.1) is 11.6 Å². The van der Waals surface area contributed by atoms with Crippen molar-refractivity contribution in [3.05, 3.63) is 23.8 Å². The van der Waals surface area contributed by atoms with E-state index in [0.29, 0.717) is 39.0 Å². The molecule has 0 atom stereocenters. The average Bonchev–Trinajstić information content (AvgIpc) is 3.28. The summed E-state index contributed by atoms with van der Waals surface area (Å²) >= 11 is 0. The Balaban J connectivity index is 1.24. The Morgan fingerprint density at radius 2 is 1.34 bits per heavy atom. The number of rotatable bonds is 4. The third-order valence-electron chi connectivity index (χ3n) is 6.75. The summed E-state index contributed by atoms with van der Waals surface area (Å²) in [4.78, 5) is 28.1. The molecular weight excluding hydrogens is 416 g/mol. The van der Waals surface area contributed by atoms with E-state index in [1.807, 2.05) is 0 Å². The van der Waals surface area contributed by atoms with Crippen LogP contribution in [-0.2, 0) is 0 Å². The Morgan fingerprint density at radius 1 is 0.781 bits per heavy atom. The van der Waals surface area contributed by atoms with Gasteiger partial charge in [0.15, 0.2) is 11.6 Å². The van der Waals surface area contributed by atoms with Gasteiger partial charge in [0.05, 0.1) is 0 Å². The highest BCUT2D eigenvalue weighted by Gasteiger charge is 2.26. The maximum Gasteiger partial charge on any atom is 0.321 e. The number of anilines is 2. The lowest BCUT2D eigenvalue weighted by atomic mass is 9.96. The molecule has 2 saturated heterocycles. The van der Waals surface area contributed by atoms with Crippen LogP contribution in [0.3, 0.4) is 0 Å². The summed E-state index contributed by atoms with van der Waals surface area (Å²) in [6.45, 7) is 2.22. The number of amides is 4. The van der Waals surface area contributed by atoms with E-state index in [1.165, 1.54) is 18.6 Å². The van der Waals surface area contributed by atoms with Gasteiger partial charge in [0.2, 0.25) is 0 Å². The zero-order valence-corrected chi connectivity index (χ0v) is 18.5. The number of carbonyl (C=O) groups excluding carboxylic acids is 2. The molecule has 0 bridgehead atoms. The van der Waals surface area contributed by atoms with Crippen molar-refractivity contribution in [3.63, 3.8) is 0 Å². The van der Waals surface area contributed by atoms with Gasteiger partial charge in [0.1, 0.15) is 5.69 Å². The first-order chi connectivity index (χ1) is 15.5. The molecule has 1 aliphatic carbocycles. The minimum absolute atomic E-state index is 0.0114. The van der Waals surface area contributed by atoms with Gasteiger partial charge in [-0.05, 0) is 50.7 Å². The smallest absolute Gasteiger partial charge is 0.321 e. The summed E-state index contributed by atoms with van der Waals surface area (Å²) in [5, 5.41) is 8.67. The van der Waals surface area contributed by atoms with Crippen LogP contribution in [0.2, 0.25) is 0 Å². The van der Waals surface area contributed by atoms with Crippen LogP contribution in [0.15, 0.2) is 12.1 Å². The summed E-state index contributed by atoms with van der Waals surface area (Å²) in [5.41, 5.74) is 0.0962. The van der Waals surface area contributed by atoms with Crippen LogP contribution in [0.25, 0.3) is 0 Å². The molecule has 3 fully saturated rings. The van der Waals surface area contributed by atoms with Crippen molar-refractivity contribution in [2.45, 2.75) is 69.9 Å². The topological polar surface area (TPSA) is 76.7 Å². The number of carbonyl (C=O) groups is 2. The predicted octanol–water partition coefficient (Wildman–Crippen LogP) is 4.19. The highest BCUT2D eigenvalue weighted by atomic mass is 19.1. The van der Waals surface area contributed by atoms with Crippen LogP contribution in [0.4, 0.5) is 29.7 Å². The monoisotopic (exact) mass is 449 g/mol. The predicted molar refractivity (Wildman–Crippen MR) is 120 cm³/mol. The van der Waals surface area contributed by atoms with Crippen molar-refractivity contribution >= 4 is 23.4 Å². The number of likely N-dealkylation sites (tertiary alicyclic amines) is 1. The maximum absolute atomic E-state index is 14.5. The van der Waals surface area contributed by atoms with Crippen LogP contribution < -0.4 is 20.9 Å². The fourth-order valence-electron chi connectivity index (χ4n) is 4.97. The van der Waals surface area contributed by atoms with Crippen molar-refractivity contribution in [3.8, 4) is 0 Å². The van der Waals surface area contributed by atoms with E-state index in [-0.39, 0.29) is 35.5 Å². The lowest BCUT2D eigenvalue weighted by molar-refractivity contribution is 0.186. The number of hydrogen-bond donors (Lipinski definition) is 3. The molecule has 176 valence electrons. The van der Waals surface area contributed by atoms with E-state index in [0.717, 1.165) is 38.5 Å². The molecule has 1 aromatic rings. The van der Waals surface area contributed by atoms with Gasteiger partial charge in [-0.15, -0.1) is 0 Å². The molecule has 3 N–H and O–H groups in total. The van der Waals surface area contributed by atoms with Crippen molar-refractivity contribution in [1.82, 2.24) is 15.5 Å². The van der Waals surface area contributed by atoms with E-state index in [9.17, 15) is 18.4 Å². The SMILES string of the molecule is O=C(NC1CCCCC1)NC1CCN(C(=O)Nc2cc(F)c(N3CCCC3)c(F)c2)CC1. The van der Waals surface area contributed by atoms with E-state index in [4.69, 9.17) is 0 Å².